The Morgan fingerprint density at radius 3 is 2.59 bits per heavy atom. The fourth-order valence-electron chi connectivity index (χ4n) is 2.02. The van der Waals surface area contributed by atoms with E-state index in [-0.39, 0.29) is 10.7 Å². The number of halogens is 1. The van der Waals surface area contributed by atoms with E-state index in [2.05, 4.69) is 10.3 Å². The fraction of sp³-hybridized carbons (Fsp3) is 0.286. The summed E-state index contributed by atoms with van der Waals surface area (Å²) in [6.07, 6.45) is 4.08. The summed E-state index contributed by atoms with van der Waals surface area (Å²) >= 11 is 0. The van der Waals surface area contributed by atoms with E-state index in [4.69, 9.17) is 0 Å². The van der Waals surface area contributed by atoms with Crippen LogP contribution >= 0.6 is 0 Å². The van der Waals surface area contributed by atoms with E-state index >= 15 is 0 Å². The Kier molecular flexibility index (Phi) is 4.32. The summed E-state index contributed by atoms with van der Waals surface area (Å²) in [5.41, 5.74) is 0.465. The maximum atomic E-state index is 13.9. The number of nitrogens with zero attached hydrogens (tertiary/aromatic N) is 2. The molecule has 0 saturated carbocycles. The van der Waals surface area contributed by atoms with Crippen LogP contribution < -0.4 is 5.32 Å². The van der Waals surface area contributed by atoms with Gasteiger partial charge in [0.05, 0.1) is 6.04 Å². The van der Waals surface area contributed by atoms with Crippen molar-refractivity contribution in [1.82, 2.24) is 14.9 Å². The molecule has 1 amide bonds. The largest absolute Gasteiger partial charge is 0.343 e. The molecule has 2 rings (SSSR count). The quantitative estimate of drug-likeness (QED) is 0.922. The molecule has 0 saturated heterocycles. The van der Waals surface area contributed by atoms with Crippen molar-refractivity contribution >= 4 is 15.7 Å². The van der Waals surface area contributed by atoms with Crippen molar-refractivity contribution in [3.63, 3.8) is 0 Å². The third kappa shape index (κ3) is 3.33. The molecule has 0 spiro atoms. The van der Waals surface area contributed by atoms with Crippen LogP contribution in [0.25, 0.3) is 0 Å². The molecular weight excluding hydrogens is 309 g/mol. The summed E-state index contributed by atoms with van der Waals surface area (Å²) in [6, 6.07) is 3.29. The van der Waals surface area contributed by atoms with E-state index in [9.17, 15) is 17.6 Å². The molecule has 1 atom stereocenters. The standard InChI is InChI=1S/C14H16FN3O3S/c1-9(17-14(19)13-16-6-7-18(13)2)10-4-5-12(11(15)8-10)22(3,20)21/h4-9H,1-3H3,(H,17,19)/t9-/m0/s1. The lowest BCUT2D eigenvalue weighted by atomic mass is 10.1. The van der Waals surface area contributed by atoms with Gasteiger partial charge in [-0.05, 0) is 24.6 Å². The molecule has 0 aliphatic rings. The van der Waals surface area contributed by atoms with E-state index in [1.54, 1.807) is 24.7 Å². The van der Waals surface area contributed by atoms with Gasteiger partial charge in [-0.15, -0.1) is 0 Å². The number of aryl methyl sites for hydroxylation is 1. The lowest BCUT2D eigenvalue weighted by Gasteiger charge is -2.15. The summed E-state index contributed by atoms with van der Waals surface area (Å²) in [6.45, 7) is 1.68. The van der Waals surface area contributed by atoms with Crippen LogP contribution in [0, 0.1) is 5.82 Å². The maximum Gasteiger partial charge on any atom is 0.287 e. The molecule has 0 radical (unpaired) electrons. The molecule has 6 nitrogen and oxygen atoms in total. The average Bonchev–Trinajstić information content (AvgIpc) is 2.83. The van der Waals surface area contributed by atoms with Crippen LogP contribution in [-0.2, 0) is 16.9 Å². The second kappa shape index (κ2) is 5.88. The number of imidazole rings is 1. The molecule has 0 aliphatic heterocycles. The molecule has 0 bridgehead atoms. The van der Waals surface area contributed by atoms with Crippen LogP contribution in [-0.4, -0.2) is 30.1 Å². The van der Waals surface area contributed by atoms with E-state index < -0.39 is 27.6 Å². The smallest absolute Gasteiger partial charge is 0.287 e. The normalized spacial score (nSPS) is 12.9. The van der Waals surface area contributed by atoms with Gasteiger partial charge in [-0.3, -0.25) is 4.79 Å². The monoisotopic (exact) mass is 325 g/mol. The number of hydrogen-bond acceptors (Lipinski definition) is 4. The molecule has 1 heterocycles. The summed E-state index contributed by atoms with van der Waals surface area (Å²) < 4.78 is 38.2. The van der Waals surface area contributed by atoms with Crippen molar-refractivity contribution in [1.29, 1.82) is 0 Å². The van der Waals surface area contributed by atoms with Crippen LogP contribution in [0.1, 0.15) is 29.1 Å². The number of carbonyl (C=O) groups excluding carboxylic acids is 1. The van der Waals surface area contributed by atoms with E-state index in [0.29, 0.717) is 5.56 Å². The molecule has 0 fully saturated rings. The zero-order valence-corrected chi connectivity index (χ0v) is 13.2. The maximum absolute atomic E-state index is 13.9. The molecule has 118 valence electrons. The molecule has 0 unspecified atom stereocenters. The van der Waals surface area contributed by atoms with Gasteiger partial charge in [0.2, 0.25) is 0 Å². The highest BCUT2D eigenvalue weighted by Gasteiger charge is 2.18. The minimum absolute atomic E-state index is 0.236. The van der Waals surface area contributed by atoms with Crippen LogP contribution in [0.2, 0.25) is 0 Å². The molecular formula is C14H16FN3O3S. The van der Waals surface area contributed by atoms with Gasteiger partial charge in [0.25, 0.3) is 5.91 Å². The first-order chi connectivity index (χ1) is 10.2. The molecule has 1 aromatic carbocycles. The van der Waals surface area contributed by atoms with Crippen molar-refractivity contribution < 1.29 is 17.6 Å². The second-order valence-electron chi connectivity index (χ2n) is 5.02. The van der Waals surface area contributed by atoms with Gasteiger partial charge < -0.3 is 9.88 Å². The highest BCUT2D eigenvalue weighted by molar-refractivity contribution is 7.90. The minimum Gasteiger partial charge on any atom is -0.343 e. The van der Waals surface area contributed by atoms with Crippen molar-refractivity contribution in [3.8, 4) is 0 Å². The van der Waals surface area contributed by atoms with Crippen molar-refractivity contribution in [3.05, 3.63) is 47.8 Å². The number of aromatic nitrogens is 2. The van der Waals surface area contributed by atoms with Crippen LogP contribution in [0.15, 0.2) is 35.5 Å². The fourth-order valence-corrected chi connectivity index (χ4v) is 2.74. The molecule has 0 aliphatic carbocycles. The van der Waals surface area contributed by atoms with Crippen LogP contribution in [0.3, 0.4) is 0 Å². The number of carbonyl (C=O) groups is 1. The van der Waals surface area contributed by atoms with Gasteiger partial charge in [0.1, 0.15) is 10.7 Å². The van der Waals surface area contributed by atoms with E-state index in [1.165, 1.54) is 18.3 Å². The molecule has 1 N–H and O–H groups in total. The lowest BCUT2D eigenvalue weighted by Crippen LogP contribution is -2.29. The number of sulfone groups is 1. The van der Waals surface area contributed by atoms with Gasteiger partial charge >= 0.3 is 0 Å². The highest BCUT2D eigenvalue weighted by atomic mass is 32.2. The minimum atomic E-state index is -3.62. The Hall–Kier alpha value is -2.22. The summed E-state index contributed by atoms with van der Waals surface area (Å²) in [4.78, 5) is 15.6. The first kappa shape index (κ1) is 16.2. The predicted molar refractivity (Wildman–Crippen MR) is 78.6 cm³/mol. The van der Waals surface area contributed by atoms with Crippen molar-refractivity contribution in [2.24, 2.45) is 7.05 Å². The first-order valence-electron chi connectivity index (χ1n) is 6.48. The third-order valence-corrected chi connectivity index (χ3v) is 4.36. The Morgan fingerprint density at radius 1 is 1.41 bits per heavy atom. The predicted octanol–water partition coefficient (Wildman–Crippen LogP) is 1.45. The summed E-state index contributed by atoms with van der Waals surface area (Å²) in [7, 11) is -1.93. The van der Waals surface area contributed by atoms with Crippen molar-refractivity contribution in [2.75, 3.05) is 6.26 Å². The zero-order valence-electron chi connectivity index (χ0n) is 12.4. The number of rotatable bonds is 4. The number of amides is 1. The van der Waals surface area contributed by atoms with Crippen LogP contribution in [0.5, 0.6) is 0 Å². The topological polar surface area (TPSA) is 81.1 Å². The van der Waals surface area contributed by atoms with Gasteiger partial charge in [-0.2, -0.15) is 0 Å². The Balaban J connectivity index is 2.20. The Morgan fingerprint density at radius 2 is 2.09 bits per heavy atom. The highest BCUT2D eigenvalue weighted by Crippen LogP contribution is 2.20. The summed E-state index contributed by atoms with van der Waals surface area (Å²) in [5.74, 6) is -0.995. The SMILES string of the molecule is C[C@H](NC(=O)c1nccn1C)c1ccc(S(C)(=O)=O)c(F)c1. The lowest BCUT2D eigenvalue weighted by molar-refractivity contribution is 0.0926. The molecule has 1 aromatic heterocycles. The number of hydrogen-bond donors (Lipinski definition) is 1. The Labute approximate surface area is 127 Å². The van der Waals surface area contributed by atoms with Crippen molar-refractivity contribution in [2.45, 2.75) is 17.9 Å². The summed E-state index contributed by atoms with van der Waals surface area (Å²) in [5, 5.41) is 2.69. The third-order valence-electron chi connectivity index (χ3n) is 3.23. The van der Waals surface area contributed by atoms with E-state index in [0.717, 1.165) is 12.3 Å². The zero-order chi connectivity index (χ0) is 16.5. The number of benzene rings is 1. The van der Waals surface area contributed by atoms with E-state index in [1.807, 2.05) is 0 Å². The molecule has 2 aromatic rings. The molecule has 8 heteroatoms. The van der Waals surface area contributed by atoms with Gasteiger partial charge in [0.15, 0.2) is 15.7 Å². The molecule has 22 heavy (non-hydrogen) atoms. The van der Waals surface area contributed by atoms with Gasteiger partial charge in [-0.1, -0.05) is 6.07 Å². The van der Waals surface area contributed by atoms with Gasteiger partial charge in [-0.25, -0.2) is 17.8 Å². The van der Waals surface area contributed by atoms with Gasteiger partial charge in [0, 0.05) is 25.7 Å². The second-order valence-corrected chi connectivity index (χ2v) is 7.00. The van der Waals surface area contributed by atoms with Crippen LogP contribution in [0.4, 0.5) is 4.39 Å². The first-order valence-corrected chi connectivity index (χ1v) is 8.37. The Bertz CT molecular complexity index is 814. The number of nitrogens with one attached hydrogen (secondary N) is 1. The average molecular weight is 325 g/mol.